The fourth-order valence-electron chi connectivity index (χ4n) is 1.67. The predicted octanol–water partition coefficient (Wildman–Crippen LogP) is 1.92. The molecule has 1 aromatic carbocycles. The van der Waals surface area contributed by atoms with E-state index in [0.29, 0.717) is 11.4 Å². The summed E-state index contributed by atoms with van der Waals surface area (Å²) in [7, 11) is -3.40. The molecule has 0 saturated carbocycles. The number of anilines is 1. The first-order chi connectivity index (χ1) is 10.4. The van der Waals surface area contributed by atoms with E-state index in [-0.39, 0.29) is 12.2 Å². The summed E-state index contributed by atoms with van der Waals surface area (Å²) in [6.07, 6.45) is 2.73. The number of carbonyl (C=O) groups excluding carboxylic acids is 1. The van der Waals surface area contributed by atoms with Crippen molar-refractivity contribution in [3.05, 3.63) is 47.3 Å². The van der Waals surface area contributed by atoms with Crippen molar-refractivity contribution in [2.45, 2.75) is 6.42 Å². The highest BCUT2D eigenvalue weighted by atomic mass is 79.9. The van der Waals surface area contributed by atoms with Gasteiger partial charge in [0.25, 0.3) is 0 Å². The van der Waals surface area contributed by atoms with Gasteiger partial charge >= 0.3 is 0 Å². The Hall–Kier alpha value is -2.00. The van der Waals surface area contributed by atoms with Crippen LogP contribution in [0.2, 0.25) is 0 Å². The molecule has 22 heavy (non-hydrogen) atoms. The third-order valence-electron chi connectivity index (χ3n) is 2.77. The van der Waals surface area contributed by atoms with Crippen molar-refractivity contribution < 1.29 is 13.2 Å². The number of hydrogen-bond acceptors (Lipinski definition) is 5. The van der Waals surface area contributed by atoms with Crippen LogP contribution in [-0.2, 0) is 14.6 Å². The van der Waals surface area contributed by atoms with E-state index >= 15 is 0 Å². The zero-order chi connectivity index (χ0) is 16.2. The lowest BCUT2D eigenvalue weighted by molar-refractivity contribution is -0.115. The molecule has 7 nitrogen and oxygen atoms in total. The zero-order valence-corrected chi connectivity index (χ0v) is 13.8. The molecule has 0 spiro atoms. The summed E-state index contributed by atoms with van der Waals surface area (Å²) in [6, 6.07) is 5.26. The van der Waals surface area contributed by atoms with Gasteiger partial charge in [0.1, 0.15) is 12.7 Å². The molecular weight excluding hydrogens is 372 g/mol. The number of benzene rings is 1. The van der Waals surface area contributed by atoms with Crippen molar-refractivity contribution >= 4 is 37.4 Å². The van der Waals surface area contributed by atoms with Crippen molar-refractivity contribution in [3.8, 4) is 5.69 Å². The fourth-order valence-corrected chi connectivity index (χ4v) is 2.67. The van der Waals surface area contributed by atoms with Crippen molar-refractivity contribution in [2.75, 3.05) is 11.1 Å². The van der Waals surface area contributed by atoms with Gasteiger partial charge in [-0.2, -0.15) is 5.10 Å². The molecule has 1 amide bonds. The molecule has 9 heteroatoms. The highest BCUT2D eigenvalue weighted by Crippen LogP contribution is 2.24. The fraction of sp³-hybridized carbons (Fsp3) is 0.154. The van der Waals surface area contributed by atoms with Gasteiger partial charge in [0, 0.05) is 16.3 Å². The summed E-state index contributed by atoms with van der Waals surface area (Å²) < 4.78 is 24.9. The van der Waals surface area contributed by atoms with Gasteiger partial charge in [-0.15, -0.1) is 0 Å². The summed E-state index contributed by atoms with van der Waals surface area (Å²) in [5.74, 6) is -0.695. The Morgan fingerprint density at radius 1 is 1.45 bits per heavy atom. The summed E-state index contributed by atoms with van der Waals surface area (Å²) in [5.41, 5.74) is 1.13. The molecule has 1 heterocycles. The Balaban J connectivity index is 2.17. The molecule has 0 unspecified atom stereocenters. The molecule has 0 aliphatic rings. The molecule has 0 aliphatic carbocycles. The topological polar surface area (TPSA) is 94.0 Å². The summed E-state index contributed by atoms with van der Waals surface area (Å²) >= 11 is 3.33. The van der Waals surface area contributed by atoms with Crippen LogP contribution in [-0.4, -0.2) is 34.8 Å². The van der Waals surface area contributed by atoms with Crippen LogP contribution in [0.25, 0.3) is 5.69 Å². The molecule has 0 radical (unpaired) electrons. The highest BCUT2D eigenvalue weighted by molar-refractivity contribution is 9.10. The summed E-state index contributed by atoms with van der Waals surface area (Å²) in [6.45, 7) is 3.21. The van der Waals surface area contributed by atoms with Gasteiger partial charge in [0.15, 0.2) is 9.84 Å². The lowest BCUT2D eigenvalue weighted by Gasteiger charge is -2.11. The number of halogens is 1. The lowest BCUT2D eigenvalue weighted by atomic mass is 10.2. The van der Waals surface area contributed by atoms with Gasteiger partial charge in [0.05, 0.1) is 17.1 Å². The summed E-state index contributed by atoms with van der Waals surface area (Å²) in [4.78, 5) is 15.8. The number of nitrogens with one attached hydrogen (secondary N) is 1. The number of rotatable bonds is 6. The smallest absolute Gasteiger partial charge is 0.225 e. The molecule has 2 rings (SSSR count). The molecule has 116 valence electrons. The Bertz CT molecular complexity index is 788. The number of sulfone groups is 1. The van der Waals surface area contributed by atoms with Crippen molar-refractivity contribution in [3.63, 3.8) is 0 Å². The number of carbonyl (C=O) groups is 1. The van der Waals surface area contributed by atoms with Crippen LogP contribution in [0.3, 0.4) is 0 Å². The van der Waals surface area contributed by atoms with Crippen LogP contribution in [0, 0.1) is 0 Å². The third kappa shape index (κ3) is 4.25. The Morgan fingerprint density at radius 3 is 2.86 bits per heavy atom. The maximum Gasteiger partial charge on any atom is 0.225 e. The summed E-state index contributed by atoms with van der Waals surface area (Å²) in [5, 5.41) is 7.54. The van der Waals surface area contributed by atoms with Gasteiger partial charge in [0.2, 0.25) is 5.91 Å². The van der Waals surface area contributed by atoms with E-state index in [0.717, 1.165) is 9.88 Å². The van der Waals surface area contributed by atoms with Crippen molar-refractivity contribution in [1.29, 1.82) is 0 Å². The van der Waals surface area contributed by atoms with Crippen LogP contribution in [0.4, 0.5) is 5.69 Å². The maximum atomic E-state index is 11.9. The molecule has 2 aromatic rings. The monoisotopic (exact) mass is 384 g/mol. The van der Waals surface area contributed by atoms with Crippen molar-refractivity contribution in [1.82, 2.24) is 14.8 Å². The minimum Gasteiger partial charge on any atom is -0.324 e. The maximum absolute atomic E-state index is 11.9. The number of aromatic nitrogens is 3. The number of nitrogens with zero attached hydrogens (tertiary/aromatic N) is 3. The molecule has 1 aromatic heterocycles. The largest absolute Gasteiger partial charge is 0.324 e. The Kier molecular flexibility index (Phi) is 5.09. The van der Waals surface area contributed by atoms with E-state index in [9.17, 15) is 13.2 Å². The average Bonchev–Trinajstić information content (AvgIpc) is 2.99. The second kappa shape index (κ2) is 6.84. The second-order valence-corrected chi connectivity index (χ2v) is 7.32. The number of hydrogen-bond donors (Lipinski definition) is 1. The van der Waals surface area contributed by atoms with E-state index in [2.05, 4.69) is 37.9 Å². The standard InChI is InChI=1S/C13H13BrN4O3S/c1-2-22(20,21)6-5-13(19)17-11-7-10(14)3-4-12(11)18-9-15-8-16-18/h2-4,7-9H,1,5-6H2,(H,17,19). The van der Waals surface area contributed by atoms with E-state index < -0.39 is 15.7 Å². The third-order valence-corrected chi connectivity index (χ3v) is 4.54. The minimum absolute atomic E-state index is 0.155. The van der Waals surface area contributed by atoms with Gasteiger partial charge in [-0.1, -0.05) is 22.5 Å². The molecule has 1 N–H and O–H groups in total. The molecule has 0 fully saturated rings. The first-order valence-electron chi connectivity index (χ1n) is 6.21. The molecule has 0 saturated heterocycles. The van der Waals surface area contributed by atoms with Gasteiger partial charge in [-0.25, -0.2) is 18.1 Å². The first kappa shape index (κ1) is 16.4. The average molecular weight is 385 g/mol. The minimum atomic E-state index is -3.40. The molecule has 0 aliphatic heterocycles. The van der Waals surface area contributed by atoms with Gasteiger partial charge in [-0.05, 0) is 18.2 Å². The van der Waals surface area contributed by atoms with Crippen LogP contribution < -0.4 is 5.32 Å². The van der Waals surface area contributed by atoms with Crippen LogP contribution in [0.15, 0.2) is 47.3 Å². The quantitative estimate of drug-likeness (QED) is 0.820. The zero-order valence-electron chi connectivity index (χ0n) is 11.4. The van der Waals surface area contributed by atoms with Crippen molar-refractivity contribution in [2.24, 2.45) is 0 Å². The van der Waals surface area contributed by atoms with Crippen LogP contribution >= 0.6 is 15.9 Å². The predicted molar refractivity (Wildman–Crippen MR) is 86.3 cm³/mol. The van der Waals surface area contributed by atoms with E-state index in [1.807, 2.05) is 0 Å². The van der Waals surface area contributed by atoms with Gasteiger partial charge < -0.3 is 5.32 Å². The normalized spacial score (nSPS) is 11.1. The highest BCUT2D eigenvalue weighted by Gasteiger charge is 2.13. The molecule has 0 atom stereocenters. The van der Waals surface area contributed by atoms with Gasteiger partial charge in [-0.3, -0.25) is 4.79 Å². The van der Waals surface area contributed by atoms with Crippen LogP contribution in [0.5, 0.6) is 0 Å². The Labute approximate surface area is 136 Å². The SMILES string of the molecule is C=CS(=O)(=O)CCC(=O)Nc1cc(Br)ccc1-n1cncn1. The van der Waals surface area contributed by atoms with E-state index in [1.54, 1.807) is 18.2 Å². The second-order valence-electron chi connectivity index (χ2n) is 4.33. The number of amides is 1. The molecule has 0 bridgehead atoms. The Morgan fingerprint density at radius 2 is 2.23 bits per heavy atom. The lowest BCUT2D eigenvalue weighted by Crippen LogP contribution is -2.17. The molecular formula is C13H13BrN4O3S. The van der Waals surface area contributed by atoms with E-state index in [1.165, 1.54) is 17.3 Å². The first-order valence-corrected chi connectivity index (χ1v) is 8.72. The van der Waals surface area contributed by atoms with E-state index in [4.69, 9.17) is 0 Å². The van der Waals surface area contributed by atoms with Crippen LogP contribution in [0.1, 0.15) is 6.42 Å².